The van der Waals surface area contributed by atoms with Gasteiger partial charge >= 0.3 is 0 Å². The summed E-state index contributed by atoms with van der Waals surface area (Å²) in [5.74, 6) is 2.30. The molecule has 0 unspecified atom stereocenters. The summed E-state index contributed by atoms with van der Waals surface area (Å²) < 4.78 is 0. The molecule has 2 heteroatoms. The van der Waals surface area contributed by atoms with E-state index in [1.807, 2.05) is 23.9 Å². The number of unbranched alkanes of at least 4 members (excludes halogenated alkanes) is 4. The van der Waals surface area contributed by atoms with Crippen molar-refractivity contribution in [3.8, 4) is 0 Å². The molecule has 0 aliphatic carbocycles. The Labute approximate surface area is 136 Å². The van der Waals surface area contributed by atoms with Crippen molar-refractivity contribution in [2.24, 2.45) is 0 Å². The highest BCUT2D eigenvalue weighted by atomic mass is 32.2. The minimum absolute atomic E-state index is 0.274. The Hall–Kier alpha value is -0.470. The van der Waals surface area contributed by atoms with Crippen LogP contribution in [0.4, 0.5) is 0 Å². The maximum absolute atomic E-state index is 9.70. The molecule has 0 amide bonds. The van der Waals surface area contributed by atoms with Gasteiger partial charge < -0.3 is 5.11 Å². The van der Waals surface area contributed by atoms with Crippen LogP contribution in [0.25, 0.3) is 0 Å². The summed E-state index contributed by atoms with van der Waals surface area (Å²) in [6.45, 7) is 4.41. The van der Waals surface area contributed by atoms with Gasteiger partial charge in [0.25, 0.3) is 0 Å². The Bertz CT molecular complexity index is 281. The zero-order valence-corrected chi connectivity index (χ0v) is 14.8. The van der Waals surface area contributed by atoms with Crippen molar-refractivity contribution >= 4 is 11.8 Å². The largest absolute Gasteiger partial charge is 0.389 e. The summed E-state index contributed by atoms with van der Waals surface area (Å²) in [5.41, 5.74) is 0. The first-order valence-corrected chi connectivity index (χ1v) is 9.70. The van der Waals surface area contributed by atoms with Crippen molar-refractivity contribution in [2.75, 3.05) is 11.5 Å². The molecule has 1 atom stereocenters. The zero-order chi connectivity index (χ0) is 15.6. The average molecular weight is 311 g/mol. The zero-order valence-electron chi connectivity index (χ0n) is 14.0. The van der Waals surface area contributed by atoms with Gasteiger partial charge in [0.15, 0.2) is 0 Å². The molecule has 122 valence electrons. The van der Waals surface area contributed by atoms with Crippen LogP contribution in [0.2, 0.25) is 0 Å². The van der Waals surface area contributed by atoms with Crippen LogP contribution in [0.3, 0.4) is 0 Å². The molecule has 0 aliphatic rings. The van der Waals surface area contributed by atoms with E-state index in [1.165, 1.54) is 37.9 Å². The van der Waals surface area contributed by atoms with Crippen LogP contribution in [0.15, 0.2) is 36.5 Å². The van der Waals surface area contributed by atoms with Crippen molar-refractivity contribution in [1.29, 1.82) is 0 Å². The summed E-state index contributed by atoms with van der Waals surface area (Å²) in [4.78, 5) is 0. The number of aliphatic hydroxyl groups excluding tert-OH is 1. The van der Waals surface area contributed by atoms with E-state index in [1.54, 1.807) is 0 Å². The number of aliphatic hydroxyl groups is 1. The fraction of sp³-hybridized carbons (Fsp3) is 0.684. The van der Waals surface area contributed by atoms with Gasteiger partial charge in [-0.25, -0.2) is 0 Å². The van der Waals surface area contributed by atoms with Gasteiger partial charge in [-0.3, -0.25) is 0 Å². The topological polar surface area (TPSA) is 20.2 Å². The summed E-state index contributed by atoms with van der Waals surface area (Å²) in [5, 5.41) is 9.70. The predicted molar refractivity (Wildman–Crippen MR) is 99.0 cm³/mol. The van der Waals surface area contributed by atoms with Gasteiger partial charge in [0.2, 0.25) is 0 Å². The van der Waals surface area contributed by atoms with Crippen molar-refractivity contribution in [1.82, 2.24) is 0 Å². The molecule has 0 aromatic rings. The van der Waals surface area contributed by atoms with Gasteiger partial charge in [-0.05, 0) is 25.0 Å². The molecule has 0 aromatic heterocycles. The van der Waals surface area contributed by atoms with Gasteiger partial charge in [0.1, 0.15) is 0 Å². The quantitative estimate of drug-likeness (QED) is 0.244. The lowest BCUT2D eigenvalue weighted by Crippen LogP contribution is -2.00. The molecule has 0 saturated heterocycles. The van der Waals surface area contributed by atoms with E-state index in [-0.39, 0.29) is 6.10 Å². The third-order valence-corrected chi connectivity index (χ3v) is 4.17. The van der Waals surface area contributed by atoms with E-state index in [0.717, 1.165) is 25.0 Å². The fourth-order valence-electron chi connectivity index (χ4n) is 1.88. The SMILES string of the molecule is CCCC/C=C\CSCC/C=C\C=C\[C@@H](O)CCCCC. The van der Waals surface area contributed by atoms with Crippen LogP contribution >= 0.6 is 11.8 Å². The maximum Gasteiger partial charge on any atom is 0.0723 e. The van der Waals surface area contributed by atoms with Crippen molar-refractivity contribution in [3.63, 3.8) is 0 Å². The normalized spacial score (nSPS) is 13.9. The van der Waals surface area contributed by atoms with Crippen LogP contribution in [0, 0.1) is 0 Å². The molecule has 0 heterocycles. The lowest BCUT2D eigenvalue weighted by molar-refractivity contribution is 0.208. The van der Waals surface area contributed by atoms with E-state index in [9.17, 15) is 5.11 Å². The molecule has 0 aromatic carbocycles. The van der Waals surface area contributed by atoms with Gasteiger partial charge in [-0.2, -0.15) is 11.8 Å². The number of allylic oxidation sites excluding steroid dienone is 4. The number of hydrogen-bond acceptors (Lipinski definition) is 2. The van der Waals surface area contributed by atoms with Crippen LogP contribution in [0.1, 0.15) is 65.2 Å². The molecular weight excluding hydrogens is 276 g/mol. The smallest absolute Gasteiger partial charge is 0.0723 e. The first kappa shape index (κ1) is 20.5. The highest BCUT2D eigenvalue weighted by Crippen LogP contribution is 2.06. The second kappa shape index (κ2) is 17.6. The Morgan fingerprint density at radius 3 is 2.48 bits per heavy atom. The summed E-state index contributed by atoms with van der Waals surface area (Å²) in [7, 11) is 0. The molecule has 21 heavy (non-hydrogen) atoms. The molecular formula is C19H34OS. The summed E-state index contributed by atoms with van der Waals surface area (Å²) in [6.07, 6.45) is 21.8. The third kappa shape index (κ3) is 17.5. The second-order valence-electron chi connectivity index (χ2n) is 5.35. The monoisotopic (exact) mass is 310 g/mol. The third-order valence-electron chi connectivity index (χ3n) is 3.22. The van der Waals surface area contributed by atoms with Gasteiger partial charge in [-0.1, -0.05) is 82.4 Å². The van der Waals surface area contributed by atoms with Crippen molar-refractivity contribution in [2.45, 2.75) is 71.3 Å². The van der Waals surface area contributed by atoms with E-state index >= 15 is 0 Å². The molecule has 1 nitrogen and oxygen atoms in total. The molecule has 1 N–H and O–H groups in total. The molecule has 0 spiro atoms. The Morgan fingerprint density at radius 1 is 0.905 bits per heavy atom. The summed E-state index contributed by atoms with van der Waals surface area (Å²) >= 11 is 1.98. The van der Waals surface area contributed by atoms with Gasteiger partial charge in [-0.15, -0.1) is 0 Å². The molecule has 0 saturated carbocycles. The number of hydrogen-bond donors (Lipinski definition) is 1. The first-order chi connectivity index (χ1) is 10.3. The predicted octanol–water partition coefficient (Wildman–Crippen LogP) is 5.91. The lowest BCUT2D eigenvalue weighted by Gasteiger charge is -2.03. The Kier molecular flexibility index (Phi) is 17.2. The van der Waals surface area contributed by atoms with Gasteiger partial charge in [0.05, 0.1) is 6.10 Å². The van der Waals surface area contributed by atoms with E-state index in [2.05, 4.69) is 38.2 Å². The van der Waals surface area contributed by atoms with Crippen LogP contribution in [0.5, 0.6) is 0 Å². The van der Waals surface area contributed by atoms with E-state index in [0.29, 0.717) is 0 Å². The number of rotatable bonds is 14. The molecule has 0 fully saturated rings. The van der Waals surface area contributed by atoms with E-state index < -0.39 is 0 Å². The standard InChI is InChI=1S/C19H34OS/c1-3-5-7-9-13-17-21-18-14-10-8-12-16-19(20)15-11-6-4-2/h8-10,12-13,16,19-20H,3-7,11,14-15,17-18H2,1-2H3/b10-8-,13-9-,16-12+/t19-/m0/s1. The maximum atomic E-state index is 9.70. The first-order valence-electron chi connectivity index (χ1n) is 8.55. The van der Waals surface area contributed by atoms with Crippen molar-refractivity contribution in [3.05, 3.63) is 36.5 Å². The number of thioether (sulfide) groups is 1. The van der Waals surface area contributed by atoms with E-state index in [4.69, 9.17) is 0 Å². The molecule has 0 rings (SSSR count). The summed E-state index contributed by atoms with van der Waals surface area (Å²) in [6, 6.07) is 0. The Morgan fingerprint density at radius 2 is 1.71 bits per heavy atom. The van der Waals surface area contributed by atoms with Crippen LogP contribution in [-0.4, -0.2) is 22.7 Å². The minimum Gasteiger partial charge on any atom is -0.389 e. The van der Waals surface area contributed by atoms with Gasteiger partial charge in [0, 0.05) is 5.75 Å². The van der Waals surface area contributed by atoms with Crippen LogP contribution in [-0.2, 0) is 0 Å². The second-order valence-corrected chi connectivity index (χ2v) is 6.50. The van der Waals surface area contributed by atoms with Crippen molar-refractivity contribution < 1.29 is 5.11 Å². The molecule has 0 bridgehead atoms. The lowest BCUT2D eigenvalue weighted by atomic mass is 10.1. The Balaban J connectivity index is 3.41. The highest BCUT2D eigenvalue weighted by molar-refractivity contribution is 7.99. The minimum atomic E-state index is -0.274. The van der Waals surface area contributed by atoms with Crippen LogP contribution < -0.4 is 0 Å². The average Bonchev–Trinajstić information content (AvgIpc) is 2.48. The highest BCUT2D eigenvalue weighted by Gasteiger charge is 1.96. The molecule has 0 radical (unpaired) electrons. The fourth-order valence-corrected chi connectivity index (χ4v) is 2.62. The molecule has 0 aliphatic heterocycles.